The number of hydrogen-bond donors (Lipinski definition) is 1. The lowest BCUT2D eigenvalue weighted by Gasteiger charge is -2.29. The summed E-state index contributed by atoms with van der Waals surface area (Å²) in [6.45, 7) is 5.54. The summed E-state index contributed by atoms with van der Waals surface area (Å²) in [5, 5.41) is 3.03. The number of rotatable bonds is 4. The molecular weight excluding hydrogens is 332 g/mol. The number of benzene rings is 2. The number of amides is 1. The molecule has 0 aliphatic carbocycles. The Morgan fingerprint density at radius 3 is 2.54 bits per heavy atom. The highest BCUT2D eigenvalue weighted by Crippen LogP contribution is 2.32. The van der Waals surface area contributed by atoms with Crippen LogP contribution in [0.4, 0.5) is 5.69 Å². The average Bonchev–Trinajstić information content (AvgIpc) is 3.16. The number of hydrogen-bond acceptors (Lipinski definition) is 5. The second-order valence-corrected chi connectivity index (χ2v) is 6.45. The summed E-state index contributed by atoms with van der Waals surface area (Å²) in [5.41, 5.74) is 2.81. The molecule has 1 unspecified atom stereocenters. The topological polar surface area (TPSA) is 60.0 Å². The van der Waals surface area contributed by atoms with Crippen LogP contribution in [0.25, 0.3) is 0 Å². The second-order valence-electron chi connectivity index (χ2n) is 6.45. The molecule has 1 atom stereocenters. The Balaban J connectivity index is 1.41. The average molecular weight is 354 g/mol. The van der Waals surface area contributed by atoms with E-state index < -0.39 is 0 Å². The number of carbonyl (C=O) groups is 1. The number of carbonyl (C=O) groups excluding carboxylic acids is 1. The van der Waals surface area contributed by atoms with Crippen LogP contribution in [0.2, 0.25) is 0 Å². The summed E-state index contributed by atoms with van der Waals surface area (Å²) in [5.74, 6) is 1.15. The molecule has 0 radical (unpaired) electrons. The lowest BCUT2D eigenvalue weighted by molar-refractivity contribution is 0.0939. The highest BCUT2D eigenvalue weighted by atomic mass is 16.7. The zero-order chi connectivity index (χ0) is 17.9. The molecule has 2 aromatic carbocycles. The Bertz CT molecular complexity index is 785. The van der Waals surface area contributed by atoms with Crippen LogP contribution in [0.3, 0.4) is 0 Å². The molecule has 0 spiro atoms. The van der Waals surface area contributed by atoms with Gasteiger partial charge in [-0.1, -0.05) is 12.1 Å². The van der Waals surface area contributed by atoms with Gasteiger partial charge in [0, 0.05) is 24.3 Å². The maximum Gasteiger partial charge on any atom is 0.251 e. The molecule has 2 aliphatic heterocycles. The van der Waals surface area contributed by atoms with Crippen LogP contribution in [0, 0.1) is 0 Å². The standard InChI is InChI=1S/C20H22N2O4/c1-14(15-2-5-17(6-3-15)22-8-10-24-11-9-22)21-20(23)16-4-7-18-19(12-16)26-13-25-18/h2-7,12,14H,8-11,13H2,1H3,(H,21,23). The van der Waals surface area contributed by atoms with Crippen LogP contribution in [0.1, 0.15) is 28.9 Å². The molecule has 0 aromatic heterocycles. The minimum atomic E-state index is -0.131. The van der Waals surface area contributed by atoms with E-state index in [-0.39, 0.29) is 18.7 Å². The van der Waals surface area contributed by atoms with E-state index in [0.717, 1.165) is 31.9 Å². The van der Waals surface area contributed by atoms with Crippen LogP contribution in [-0.4, -0.2) is 39.0 Å². The minimum absolute atomic E-state index is 0.0911. The molecule has 136 valence electrons. The Kier molecular flexibility index (Phi) is 4.67. The molecule has 1 saturated heterocycles. The predicted octanol–water partition coefficient (Wildman–Crippen LogP) is 2.74. The maximum absolute atomic E-state index is 12.5. The van der Waals surface area contributed by atoms with Gasteiger partial charge in [-0.25, -0.2) is 0 Å². The zero-order valence-electron chi connectivity index (χ0n) is 14.7. The van der Waals surface area contributed by atoms with Crippen molar-refractivity contribution in [2.45, 2.75) is 13.0 Å². The van der Waals surface area contributed by atoms with Crippen molar-refractivity contribution in [2.75, 3.05) is 38.0 Å². The summed E-state index contributed by atoms with van der Waals surface area (Å²) in [6.07, 6.45) is 0. The zero-order valence-corrected chi connectivity index (χ0v) is 14.7. The van der Waals surface area contributed by atoms with E-state index in [9.17, 15) is 4.79 Å². The highest BCUT2D eigenvalue weighted by molar-refractivity contribution is 5.95. The summed E-state index contributed by atoms with van der Waals surface area (Å²) in [7, 11) is 0. The Morgan fingerprint density at radius 1 is 1.04 bits per heavy atom. The number of morpholine rings is 1. The third kappa shape index (κ3) is 3.46. The summed E-state index contributed by atoms with van der Waals surface area (Å²) in [6, 6.07) is 13.5. The van der Waals surface area contributed by atoms with Gasteiger partial charge in [0.15, 0.2) is 11.5 Å². The SMILES string of the molecule is CC(NC(=O)c1ccc2c(c1)OCO2)c1ccc(N2CCOCC2)cc1. The first kappa shape index (κ1) is 16.7. The van der Waals surface area contributed by atoms with E-state index in [1.807, 2.05) is 6.92 Å². The summed E-state index contributed by atoms with van der Waals surface area (Å²) in [4.78, 5) is 14.8. The Labute approximate surface area is 152 Å². The number of nitrogens with one attached hydrogen (secondary N) is 1. The lowest BCUT2D eigenvalue weighted by Crippen LogP contribution is -2.36. The maximum atomic E-state index is 12.5. The van der Waals surface area contributed by atoms with Crippen LogP contribution < -0.4 is 19.7 Å². The molecular formula is C20H22N2O4. The molecule has 1 amide bonds. The van der Waals surface area contributed by atoms with Crippen molar-refractivity contribution in [1.82, 2.24) is 5.32 Å². The first-order valence-corrected chi connectivity index (χ1v) is 8.84. The third-order valence-electron chi connectivity index (χ3n) is 4.75. The molecule has 1 fully saturated rings. The predicted molar refractivity (Wildman–Crippen MR) is 97.9 cm³/mol. The molecule has 0 saturated carbocycles. The van der Waals surface area contributed by atoms with Gasteiger partial charge in [-0.15, -0.1) is 0 Å². The fourth-order valence-electron chi connectivity index (χ4n) is 3.20. The van der Waals surface area contributed by atoms with Crippen molar-refractivity contribution in [3.63, 3.8) is 0 Å². The fraction of sp³-hybridized carbons (Fsp3) is 0.350. The van der Waals surface area contributed by atoms with E-state index in [0.29, 0.717) is 17.1 Å². The van der Waals surface area contributed by atoms with Gasteiger partial charge in [0.05, 0.1) is 19.3 Å². The number of nitrogens with zero attached hydrogens (tertiary/aromatic N) is 1. The van der Waals surface area contributed by atoms with Crippen LogP contribution >= 0.6 is 0 Å². The van der Waals surface area contributed by atoms with Gasteiger partial charge in [0.2, 0.25) is 6.79 Å². The van der Waals surface area contributed by atoms with Crippen molar-refractivity contribution in [2.24, 2.45) is 0 Å². The molecule has 2 aromatic rings. The normalized spacial score (nSPS) is 17.0. The molecule has 4 rings (SSSR count). The van der Waals surface area contributed by atoms with Gasteiger partial charge in [0.25, 0.3) is 5.91 Å². The number of fused-ring (bicyclic) bond motifs is 1. The minimum Gasteiger partial charge on any atom is -0.454 e. The quantitative estimate of drug-likeness (QED) is 0.915. The fourth-order valence-corrected chi connectivity index (χ4v) is 3.20. The molecule has 26 heavy (non-hydrogen) atoms. The van der Waals surface area contributed by atoms with Crippen molar-refractivity contribution in [1.29, 1.82) is 0 Å². The van der Waals surface area contributed by atoms with Gasteiger partial charge in [-0.2, -0.15) is 0 Å². The van der Waals surface area contributed by atoms with E-state index in [1.165, 1.54) is 5.69 Å². The van der Waals surface area contributed by atoms with Crippen molar-refractivity contribution in [3.8, 4) is 11.5 Å². The number of anilines is 1. The van der Waals surface area contributed by atoms with Gasteiger partial charge in [-0.3, -0.25) is 4.79 Å². The molecule has 6 nitrogen and oxygen atoms in total. The Hall–Kier alpha value is -2.73. The highest BCUT2D eigenvalue weighted by Gasteiger charge is 2.18. The molecule has 1 N–H and O–H groups in total. The monoisotopic (exact) mass is 354 g/mol. The van der Waals surface area contributed by atoms with Crippen LogP contribution in [0.5, 0.6) is 11.5 Å². The van der Waals surface area contributed by atoms with E-state index >= 15 is 0 Å². The molecule has 2 aliphatic rings. The number of ether oxygens (including phenoxy) is 3. The van der Waals surface area contributed by atoms with E-state index in [1.54, 1.807) is 18.2 Å². The molecule has 6 heteroatoms. The Morgan fingerprint density at radius 2 is 1.77 bits per heavy atom. The van der Waals surface area contributed by atoms with Crippen molar-refractivity contribution >= 4 is 11.6 Å². The summed E-state index contributed by atoms with van der Waals surface area (Å²) >= 11 is 0. The first-order valence-electron chi connectivity index (χ1n) is 8.84. The van der Waals surface area contributed by atoms with Gasteiger partial charge in [0.1, 0.15) is 0 Å². The van der Waals surface area contributed by atoms with Crippen LogP contribution in [-0.2, 0) is 4.74 Å². The van der Waals surface area contributed by atoms with Gasteiger partial charge in [-0.05, 0) is 42.8 Å². The molecule has 0 bridgehead atoms. The second kappa shape index (κ2) is 7.25. The van der Waals surface area contributed by atoms with E-state index in [2.05, 4.69) is 34.5 Å². The van der Waals surface area contributed by atoms with E-state index in [4.69, 9.17) is 14.2 Å². The smallest absolute Gasteiger partial charge is 0.251 e. The van der Waals surface area contributed by atoms with Crippen LogP contribution in [0.15, 0.2) is 42.5 Å². The van der Waals surface area contributed by atoms with Crippen molar-refractivity contribution in [3.05, 3.63) is 53.6 Å². The first-order chi connectivity index (χ1) is 12.7. The van der Waals surface area contributed by atoms with Gasteiger partial charge >= 0.3 is 0 Å². The van der Waals surface area contributed by atoms with Crippen molar-refractivity contribution < 1.29 is 19.0 Å². The lowest BCUT2D eigenvalue weighted by atomic mass is 10.1. The third-order valence-corrected chi connectivity index (χ3v) is 4.75. The largest absolute Gasteiger partial charge is 0.454 e. The molecule has 2 heterocycles. The van der Waals surface area contributed by atoms with Gasteiger partial charge < -0.3 is 24.4 Å². The summed E-state index contributed by atoms with van der Waals surface area (Å²) < 4.78 is 16.0.